The van der Waals surface area contributed by atoms with E-state index in [0.29, 0.717) is 78.5 Å². The van der Waals surface area contributed by atoms with E-state index in [0.717, 1.165) is 22.3 Å². The van der Waals surface area contributed by atoms with E-state index in [1.54, 1.807) is 98.8 Å². The average molecular weight is 1170 g/mol. The molecule has 83 heavy (non-hydrogen) atoms. The molecule has 8 rings (SSSR count). The van der Waals surface area contributed by atoms with Gasteiger partial charge in [-0.1, -0.05) is 32.9 Å². The van der Waals surface area contributed by atoms with Gasteiger partial charge in [0.15, 0.2) is 8.32 Å². The zero-order chi connectivity index (χ0) is 60.6. The molecule has 446 valence electrons. The van der Waals surface area contributed by atoms with Crippen LogP contribution < -0.4 is 20.1 Å². The number of benzene rings is 2. The molecule has 0 aliphatic carbocycles. The Balaban J connectivity index is 0.000000242. The molecule has 5 N–H and O–H groups in total. The summed E-state index contributed by atoms with van der Waals surface area (Å²) in [5, 5.41) is 58.8. The molecule has 27 heteroatoms. The molecule has 0 bridgehead atoms. The van der Waals surface area contributed by atoms with Crippen LogP contribution in [-0.4, -0.2) is 173 Å². The molecule has 0 radical (unpaired) electrons. The van der Waals surface area contributed by atoms with Gasteiger partial charge >= 0.3 is 12.2 Å². The van der Waals surface area contributed by atoms with E-state index >= 15 is 0 Å². The number of aromatic nitrogens is 10. The third kappa shape index (κ3) is 16.0. The van der Waals surface area contributed by atoms with Crippen LogP contribution in [0.15, 0.2) is 60.7 Å². The quantitative estimate of drug-likeness (QED) is 0.0562. The van der Waals surface area contributed by atoms with Gasteiger partial charge in [0.25, 0.3) is 11.8 Å². The lowest BCUT2D eigenvalue weighted by atomic mass is 9.96. The van der Waals surface area contributed by atoms with E-state index < -0.39 is 43.5 Å². The Morgan fingerprint density at radius 3 is 1.45 bits per heavy atom. The number of fused-ring (bicyclic) bond motifs is 2. The fourth-order valence-corrected chi connectivity index (χ4v) is 9.56. The first-order chi connectivity index (χ1) is 39.1. The number of hydrogen-bond acceptors (Lipinski definition) is 20. The predicted molar refractivity (Wildman–Crippen MR) is 307 cm³/mol. The lowest BCUT2D eigenvalue weighted by Crippen LogP contribution is -2.42. The van der Waals surface area contributed by atoms with Crippen LogP contribution in [0, 0.1) is 0 Å². The van der Waals surface area contributed by atoms with Gasteiger partial charge in [-0.3, -0.25) is 9.59 Å². The van der Waals surface area contributed by atoms with Gasteiger partial charge in [-0.25, -0.2) is 28.9 Å². The molecule has 2 aliphatic heterocycles. The summed E-state index contributed by atoms with van der Waals surface area (Å²) in [6.07, 6.45) is 0.0888. The highest BCUT2D eigenvalue weighted by molar-refractivity contribution is 6.74. The molecule has 2 atom stereocenters. The van der Waals surface area contributed by atoms with E-state index in [4.69, 9.17) is 23.4 Å². The summed E-state index contributed by atoms with van der Waals surface area (Å²) >= 11 is 0. The topological polar surface area (TPSA) is 319 Å². The van der Waals surface area contributed by atoms with Crippen molar-refractivity contribution in [2.75, 3.05) is 64.4 Å². The molecule has 4 aromatic heterocycles. The smallest absolute Gasteiger partial charge is 0.410 e. The van der Waals surface area contributed by atoms with Crippen molar-refractivity contribution in [1.82, 2.24) is 60.2 Å². The number of rotatable bonds is 18. The third-order valence-corrected chi connectivity index (χ3v) is 18.7. The molecule has 0 spiro atoms. The number of hydrogen-bond donors (Lipinski definition) is 5. The Kier molecular flexibility index (Phi) is 19.7. The highest BCUT2D eigenvalue weighted by Gasteiger charge is 2.38. The van der Waals surface area contributed by atoms with Crippen LogP contribution in [0.5, 0.6) is 11.5 Å². The maximum absolute atomic E-state index is 13.5. The van der Waals surface area contributed by atoms with Crippen molar-refractivity contribution in [2.45, 2.75) is 130 Å². The fraction of sp³-hybridized carbons (Fsp3) is 0.500. The van der Waals surface area contributed by atoms with Gasteiger partial charge in [0.1, 0.15) is 47.7 Å². The van der Waals surface area contributed by atoms with E-state index in [9.17, 15) is 34.5 Å². The lowest BCUT2D eigenvalue weighted by Gasteiger charge is -2.36. The van der Waals surface area contributed by atoms with Crippen molar-refractivity contribution in [3.63, 3.8) is 0 Å². The first-order valence-electron chi connectivity index (χ1n) is 27.1. The number of tetrazole rings is 2. The monoisotopic (exact) mass is 1160 g/mol. The molecule has 0 saturated carbocycles. The molecule has 0 saturated heterocycles. The summed E-state index contributed by atoms with van der Waals surface area (Å²) in [7, 11) is 1.03. The first kappa shape index (κ1) is 62.6. The number of anilines is 2. The second kappa shape index (κ2) is 26.1. The van der Waals surface area contributed by atoms with Crippen LogP contribution in [0.4, 0.5) is 21.2 Å². The minimum atomic E-state index is -1.96. The van der Waals surface area contributed by atoms with Crippen molar-refractivity contribution >= 4 is 44.0 Å². The minimum Gasteiger partial charge on any atom is -0.496 e. The number of pyridine rings is 2. The van der Waals surface area contributed by atoms with Crippen LogP contribution in [0.1, 0.15) is 117 Å². The lowest BCUT2D eigenvalue weighted by molar-refractivity contribution is -0.00488. The highest BCUT2D eigenvalue weighted by atomic mass is 28.4. The van der Waals surface area contributed by atoms with Crippen LogP contribution in [0.3, 0.4) is 0 Å². The SMILES string of the molecule is COc1cc2c(cc1C(=O)Nc1cccc(-c3nnnn3[C@H](C)CO)n1)CN(C(=O)OCC(C)(C)O)CC2.COc1cc2c(cc1C(=O)Nc1cccc(-c3nnnn3[C@H](C)CO[Si](C)(C)C(C)(C)C)n1)CN(C(=O)OCC(C)(C)O)CC2. The number of aliphatic hydroxyl groups is 3. The Morgan fingerprint density at radius 2 is 1.06 bits per heavy atom. The summed E-state index contributed by atoms with van der Waals surface area (Å²) in [4.78, 5) is 64.1. The zero-order valence-electron chi connectivity index (χ0n) is 49.4. The molecule has 0 fully saturated rings. The highest BCUT2D eigenvalue weighted by Crippen LogP contribution is 2.37. The molecule has 6 aromatic rings. The fourth-order valence-electron chi connectivity index (χ4n) is 8.47. The van der Waals surface area contributed by atoms with Gasteiger partial charge in [0.2, 0.25) is 11.6 Å². The van der Waals surface area contributed by atoms with E-state index in [-0.39, 0.29) is 61.4 Å². The zero-order valence-corrected chi connectivity index (χ0v) is 50.4. The number of aliphatic hydroxyl groups excluding tert-OH is 1. The number of carbonyl (C=O) groups is 4. The summed E-state index contributed by atoms with van der Waals surface area (Å²) in [6.45, 7) is 22.5. The van der Waals surface area contributed by atoms with Gasteiger partial charge in [0, 0.05) is 26.2 Å². The Labute approximate surface area is 483 Å². The van der Waals surface area contributed by atoms with Crippen molar-refractivity contribution in [2.24, 2.45) is 0 Å². The number of methoxy groups -OCH3 is 2. The van der Waals surface area contributed by atoms with E-state index in [2.05, 4.69) is 85.5 Å². The normalized spacial score (nSPS) is 14.3. The molecule has 6 heterocycles. The predicted octanol–water partition coefficient (Wildman–Crippen LogP) is 6.66. The molecular formula is C56H76N14O12Si. The van der Waals surface area contributed by atoms with E-state index in [1.165, 1.54) is 23.8 Å². The number of amides is 4. The van der Waals surface area contributed by atoms with Crippen molar-refractivity contribution in [3.05, 3.63) is 94.0 Å². The molecule has 26 nitrogen and oxygen atoms in total. The van der Waals surface area contributed by atoms with Gasteiger partial charge in [-0.15, -0.1) is 10.2 Å². The number of nitrogens with zero attached hydrogens (tertiary/aromatic N) is 12. The molecule has 0 unspecified atom stereocenters. The Hall–Kier alpha value is -7.98. The van der Waals surface area contributed by atoms with E-state index in [1.807, 2.05) is 13.0 Å². The molecule has 2 aromatic carbocycles. The first-order valence-corrected chi connectivity index (χ1v) is 30.0. The van der Waals surface area contributed by atoms with Crippen LogP contribution in [0.2, 0.25) is 18.1 Å². The van der Waals surface area contributed by atoms with Gasteiger partial charge < -0.3 is 59.1 Å². The number of ether oxygens (including phenoxy) is 4. The molecule has 2 aliphatic rings. The number of carbonyl (C=O) groups excluding carboxylic acids is 4. The van der Waals surface area contributed by atoms with Crippen molar-refractivity contribution in [1.29, 1.82) is 0 Å². The maximum Gasteiger partial charge on any atom is 0.410 e. The second-order valence-corrected chi connectivity index (χ2v) is 28.1. The Bertz CT molecular complexity index is 3280. The van der Waals surface area contributed by atoms with Crippen LogP contribution in [0.25, 0.3) is 23.0 Å². The van der Waals surface area contributed by atoms with Crippen LogP contribution in [-0.2, 0) is 39.8 Å². The van der Waals surface area contributed by atoms with Gasteiger partial charge in [0.05, 0.1) is 61.8 Å². The Morgan fingerprint density at radius 1 is 0.639 bits per heavy atom. The summed E-state index contributed by atoms with van der Waals surface area (Å²) in [5.41, 5.74) is 2.79. The third-order valence-electron chi connectivity index (χ3n) is 14.2. The van der Waals surface area contributed by atoms with Crippen LogP contribution >= 0.6 is 0 Å². The minimum absolute atomic E-state index is 0.0774. The summed E-state index contributed by atoms with van der Waals surface area (Å²) < 4.78 is 31.1. The second-order valence-electron chi connectivity index (χ2n) is 23.3. The largest absolute Gasteiger partial charge is 0.496 e. The van der Waals surface area contributed by atoms with Gasteiger partial charge in [-0.2, -0.15) is 0 Å². The summed E-state index contributed by atoms with van der Waals surface area (Å²) in [6, 6.07) is 16.9. The molecule has 4 amide bonds. The molecular weight excluding hydrogens is 1090 g/mol. The summed E-state index contributed by atoms with van der Waals surface area (Å²) in [5.74, 6) is 1.35. The average Bonchev–Trinajstić information content (AvgIpc) is 4.32. The van der Waals surface area contributed by atoms with Crippen molar-refractivity contribution < 1.29 is 57.9 Å². The maximum atomic E-state index is 13.5. The number of nitrogens with one attached hydrogen (secondary N) is 2. The van der Waals surface area contributed by atoms with Gasteiger partial charge in [-0.05, 0) is 164 Å². The standard InChI is InChI=1S/C31H45N7O6Si.C25H31N7O6/c1-20(18-44-45(8,9)30(2,3)4)38-27(34-35-36-38)24-11-10-12-26(32-24)33-28(39)23-15-22-17-37(29(40)43-19-31(5,6)41)14-13-21(22)16-25(23)42-7;1-15(13-33)32-22(28-29-30-32)19-6-5-7-21(26-19)27-23(34)18-10-17-12-31(24(35)38-14-25(2,3)36)9-8-16(17)11-20(18)37-4/h10-12,15-16,20,41H,13-14,17-19H2,1-9H3,(H,32,33,39);5-7,10-11,15,33,36H,8-9,12-14H2,1-4H3,(H,26,27,34)/t20-;15-/m11/s1. The van der Waals surface area contributed by atoms with Crippen molar-refractivity contribution in [3.8, 4) is 34.5 Å².